The monoisotopic (exact) mass is 406 g/mol. The maximum Gasteiger partial charge on any atom is 0.256 e. The molecule has 1 aliphatic carbocycles. The second kappa shape index (κ2) is 8.48. The lowest BCUT2D eigenvalue weighted by atomic mass is 9.90. The fourth-order valence-electron chi connectivity index (χ4n) is 3.50. The smallest absolute Gasteiger partial charge is 0.256 e. The Morgan fingerprint density at radius 1 is 0.900 bits per heavy atom. The minimum Gasteiger partial charge on any atom is -0.394 e. The van der Waals surface area contributed by atoms with Gasteiger partial charge in [0.15, 0.2) is 12.5 Å². The zero-order valence-corrected chi connectivity index (χ0v) is 16.2. The van der Waals surface area contributed by atoms with E-state index in [0.29, 0.717) is 30.6 Å². The van der Waals surface area contributed by atoms with Gasteiger partial charge in [0.05, 0.1) is 0 Å². The van der Waals surface area contributed by atoms with E-state index in [4.69, 9.17) is 10.5 Å². The summed E-state index contributed by atoms with van der Waals surface area (Å²) in [6.07, 6.45) is -0.611. The molecule has 4 rings (SSSR count). The van der Waals surface area contributed by atoms with Gasteiger partial charge in [-0.25, -0.2) is 0 Å². The molecule has 2 aromatic rings. The zero-order valence-electron chi connectivity index (χ0n) is 16.2. The first-order valence-corrected chi connectivity index (χ1v) is 9.72. The van der Waals surface area contributed by atoms with Gasteiger partial charge < -0.3 is 21.1 Å². The molecule has 2 atom stereocenters. The molecule has 154 valence electrons. The van der Waals surface area contributed by atoms with Crippen LogP contribution in [0.25, 0.3) is 0 Å². The van der Waals surface area contributed by atoms with Gasteiger partial charge in [-0.3, -0.25) is 19.7 Å². The van der Waals surface area contributed by atoms with E-state index in [1.165, 1.54) is 0 Å². The first-order valence-electron chi connectivity index (χ1n) is 9.72. The summed E-state index contributed by atoms with van der Waals surface area (Å²) in [5, 5.41) is 8.83. The van der Waals surface area contributed by atoms with Gasteiger partial charge in [0.2, 0.25) is 11.6 Å². The predicted octanol–water partition coefficient (Wildman–Crippen LogP) is 0.977. The average molecular weight is 406 g/mol. The molecule has 1 heterocycles. The highest BCUT2D eigenvalue weighted by atomic mass is 16.5. The highest BCUT2D eigenvalue weighted by Crippen LogP contribution is 2.23. The molecular formula is C22H22N4O4. The molecule has 0 spiro atoms. The van der Waals surface area contributed by atoms with Gasteiger partial charge in [-0.05, 0) is 12.0 Å². The van der Waals surface area contributed by atoms with Crippen LogP contribution in [0.4, 0.5) is 0 Å². The summed E-state index contributed by atoms with van der Waals surface area (Å²) in [5.41, 5.74) is 7.43. The molecule has 2 aromatic carbocycles. The Morgan fingerprint density at radius 3 is 2.30 bits per heavy atom. The summed E-state index contributed by atoms with van der Waals surface area (Å²) in [5.74, 6) is -0.827. The largest absolute Gasteiger partial charge is 0.394 e. The number of rotatable bonds is 7. The number of benzene rings is 2. The zero-order chi connectivity index (χ0) is 21.1. The average Bonchev–Trinajstić information content (AvgIpc) is 3.15. The van der Waals surface area contributed by atoms with E-state index in [1.54, 1.807) is 24.3 Å². The summed E-state index contributed by atoms with van der Waals surface area (Å²) in [6.45, 7) is 0.943. The van der Waals surface area contributed by atoms with Gasteiger partial charge >= 0.3 is 0 Å². The van der Waals surface area contributed by atoms with Crippen molar-refractivity contribution in [1.82, 2.24) is 16.0 Å². The van der Waals surface area contributed by atoms with Crippen LogP contribution in [0.15, 0.2) is 66.0 Å². The molecule has 0 saturated carbocycles. The van der Waals surface area contributed by atoms with Gasteiger partial charge in [0.25, 0.3) is 5.91 Å². The van der Waals surface area contributed by atoms with Crippen LogP contribution >= 0.6 is 0 Å². The first kappa shape index (κ1) is 19.8. The fourth-order valence-corrected chi connectivity index (χ4v) is 3.50. The molecule has 1 aliphatic heterocycles. The maximum atomic E-state index is 12.6. The van der Waals surface area contributed by atoms with E-state index in [-0.39, 0.29) is 28.9 Å². The van der Waals surface area contributed by atoms with E-state index in [2.05, 4.69) is 16.0 Å². The van der Waals surface area contributed by atoms with Crippen LogP contribution in [-0.2, 0) is 9.53 Å². The first-order chi connectivity index (χ1) is 14.6. The van der Waals surface area contributed by atoms with Crippen LogP contribution in [0.5, 0.6) is 0 Å². The highest BCUT2D eigenvalue weighted by Gasteiger charge is 2.33. The molecule has 8 heteroatoms. The molecule has 8 nitrogen and oxygen atoms in total. The van der Waals surface area contributed by atoms with Crippen LogP contribution < -0.4 is 21.7 Å². The lowest BCUT2D eigenvalue weighted by Crippen LogP contribution is -2.41. The van der Waals surface area contributed by atoms with Crippen molar-refractivity contribution in [2.24, 2.45) is 5.73 Å². The SMILES string of the molecule is NC1=C(NCCCNC2NC(=O)C(c3ccccc3)O2)C(=O)c2ccccc2C1=O. The third kappa shape index (κ3) is 3.83. The number of nitrogens with two attached hydrogens (primary N) is 1. The summed E-state index contributed by atoms with van der Waals surface area (Å²) < 4.78 is 5.72. The van der Waals surface area contributed by atoms with Gasteiger partial charge in [-0.15, -0.1) is 0 Å². The molecule has 2 unspecified atom stereocenters. The molecule has 0 bridgehead atoms. The maximum absolute atomic E-state index is 12.6. The molecule has 2 aliphatic rings. The molecule has 5 N–H and O–H groups in total. The number of fused-ring (bicyclic) bond motifs is 1. The number of Topliss-reactive ketones (excluding diaryl/α,β-unsaturated/α-hetero) is 2. The quantitative estimate of drug-likeness (QED) is 0.506. The summed E-state index contributed by atoms with van der Waals surface area (Å²) in [7, 11) is 0. The Labute approximate surface area is 173 Å². The van der Waals surface area contributed by atoms with Crippen molar-refractivity contribution in [3.05, 3.63) is 82.7 Å². The van der Waals surface area contributed by atoms with Crippen molar-refractivity contribution in [3.8, 4) is 0 Å². The molecule has 30 heavy (non-hydrogen) atoms. The van der Waals surface area contributed by atoms with Gasteiger partial charge in [-0.1, -0.05) is 54.6 Å². The minimum absolute atomic E-state index is 0.0660. The van der Waals surface area contributed by atoms with Crippen molar-refractivity contribution in [3.63, 3.8) is 0 Å². The van der Waals surface area contributed by atoms with Gasteiger partial charge in [0, 0.05) is 24.2 Å². The molecule has 1 fully saturated rings. The molecular weight excluding hydrogens is 384 g/mol. The van der Waals surface area contributed by atoms with Crippen molar-refractivity contribution in [2.75, 3.05) is 13.1 Å². The Bertz CT molecular complexity index is 1020. The normalized spacial score (nSPS) is 20.9. The Balaban J connectivity index is 1.26. The topological polar surface area (TPSA) is 123 Å². The van der Waals surface area contributed by atoms with Crippen molar-refractivity contribution in [2.45, 2.75) is 18.9 Å². The molecule has 1 amide bonds. The number of ether oxygens (including phenoxy) is 1. The third-order valence-electron chi connectivity index (χ3n) is 5.03. The summed E-state index contributed by atoms with van der Waals surface area (Å²) in [4.78, 5) is 37.1. The Hall–Kier alpha value is -3.49. The number of hydrogen-bond donors (Lipinski definition) is 4. The number of allylic oxidation sites excluding steroid dienone is 2. The second-order valence-corrected chi connectivity index (χ2v) is 7.04. The lowest BCUT2D eigenvalue weighted by Gasteiger charge is -2.20. The van der Waals surface area contributed by atoms with E-state index in [1.807, 2.05) is 30.3 Å². The number of nitrogens with one attached hydrogen (secondary N) is 3. The van der Waals surface area contributed by atoms with E-state index < -0.39 is 12.5 Å². The number of hydrogen-bond acceptors (Lipinski definition) is 7. The van der Waals surface area contributed by atoms with Crippen molar-refractivity contribution < 1.29 is 19.1 Å². The van der Waals surface area contributed by atoms with E-state index in [0.717, 1.165) is 5.56 Å². The molecule has 1 saturated heterocycles. The van der Waals surface area contributed by atoms with Crippen LogP contribution in [0.3, 0.4) is 0 Å². The van der Waals surface area contributed by atoms with E-state index in [9.17, 15) is 14.4 Å². The van der Waals surface area contributed by atoms with Gasteiger partial charge in [-0.2, -0.15) is 0 Å². The number of carbonyl (C=O) groups is 3. The highest BCUT2D eigenvalue weighted by molar-refractivity contribution is 6.26. The van der Waals surface area contributed by atoms with Crippen LogP contribution in [-0.4, -0.2) is 36.9 Å². The van der Waals surface area contributed by atoms with Crippen molar-refractivity contribution in [1.29, 1.82) is 0 Å². The fraction of sp³-hybridized carbons (Fsp3) is 0.227. The molecule has 0 radical (unpaired) electrons. The third-order valence-corrected chi connectivity index (χ3v) is 5.03. The summed E-state index contributed by atoms with van der Waals surface area (Å²) in [6, 6.07) is 15.9. The number of carbonyl (C=O) groups excluding carboxylic acids is 3. The number of ketones is 2. The Kier molecular flexibility index (Phi) is 5.60. The van der Waals surface area contributed by atoms with Crippen LogP contribution in [0.2, 0.25) is 0 Å². The Morgan fingerprint density at radius 2 is 1.57 bits per heavy atom. The standard InChI is InChI=1S/C22H22N4O4/c23-16-17(19(28)15-10-5-4-9-14(15)18(16)27)24-11-6-12-25-22-26-21(29)20(30-22)13-7-2-1-3-8-13/h1-5,7-10,20,22,24-25H,6,11-12,23H2,(H,26,29). The van der Waals surface area contributed by atoms with Crippen molar-refractivity contribution >= 4 is 17.5 Å². The second-order valence-electron chi connectivity index (χ2n) is 7.04. The van der Waals surface area contributed by atoms with Gasteiger partial charge in [0.1, 0.15) is 11.4 Å². The van der Waals surface area contributed by atoms with Crippen LogP contribution in [0.1, 0.15) is 38.8 Å². The predicted molar refractivity (Wildman–Crippen MR) is 109 cm³/mol. The van der Waals surface area contributed by atoms with E-state index >= 15 is 0 Å². The van der Waals surface area contributed by atoms with Crippen LogP contribution in [0, 0.1) is 0 Å². The minimum atomic E-state index is -0.641. The summed E-state index contributed by atoms with van der Waals surface area (Å²) >= 11 is 0. The lowest BCUT2D eigenvalue weighted by molar-refractivity contribution is -0.123. The molecule has 0 aromatic heterocycles. The number of amides is 1.